The Bertz CT molecular complexity index is 1130. The van der Waals surface area contributed by atoms with Crippen LogP contribution in [0.25, 0.3) is 11.4 Å². The van der Waals surface area contributed by atoms with Crippen molar-refractivity contribution in [1.29, 1.82) is 0 Å². The number of nitrogens with one attached hydrogen (secondary N) is 2. The Balaban J connectivity index is 1.73. The van der Waals surface area contributed by atoms with Gasteiger partial charge in [0, 0.05) is 18.5 Å². The average Bonchev–Trinajstić information content (AvgIpc) is 3.10. The zero-order valence-electron chi connectivity index (χ0n) is 16.1. The fourth-order valence-electron chi connectivity index (χ4n) is 3.38. The summed E-state index contributed by atoms with van der Waals surface area (Å²) in [4.78, 5) is 32.8. The highest BCUT2D eigenvalue weighted by molar-refractivity contribution is 5.99. The van der Waals surface area contributed by atoms with E-state index >= 15 is 0 Å². The van der Waals surface area contributed by atoms with Crippen LogP contribution >= 0.6 is 0 Å². The standard InChI is InChI=1S/C22H18F2N4O2/c1-2-25-21(29)13-8-6-12(7-9-13)10-16-19-17(11-26-22(19)30)28-20(27-16)18-14(23)4-3-5-15(18)24/h3-9H,2,10-11H2,1H3,(H,25,29)(H,26,30). The zero-order chi connectivity index (χ0) is 21.3. The molecule has 0 saturated heterocycles. The van der Waals surface area contributed by atoms with Gasteiger partial charge in [-0.3, -0.25) is 9.59 Å². The van der Waals surface area contributed by atoms with E-state index in [9.17, 15) is 18.4 Å². The van der Waals surface area contributed by atoms with Gasteiger partial charge in [-0.15, -0.1) is 0 Å². The molecule has 2 amide bonds. The molecule has 0 spiro atoms. The molecule has 2 aromatic carbocycles. The number of fused-ring (bicyclic) bond motifs is 1. The molecule has 1 aliphatic rings. The van der Waals surface area contributed by atoms with Crippen molar-refractivity contribution >= 4 is 11.8 Å². The van der Waals surface area contributed by atoms with Crippen LogP contribution in [0.1, 0.15) is 44.6 Å². The van der Waals surface area contributed by atoms with Gasteiger partial charge in [-0.2, -0.15) is 0 Å². The zero-order valence-corrected chi connectivity index (χ0v) is 16.1. The number of hydrogen-bond acceptors (Lipinski definition) is 4. The number of carbonyl (C=O) groups is 2. The minimum atomic E-state index is -0.774. The molecule has 2 heterocycles. The van der Waals surface area contributed by atoms with Crippen molar-refractivity contribution in [2.75, 3.05) is 6.54 Å². The fraction of sp³-hybridized carbons (Fsp3) is 0.182. The Labute approximate surface area is 171 Å². The predicted molar refractivity (Wildman–Crippen MR) is 106 cm³/mol. The Morgan fingerprint density at radius 2 is 1.77 bits per heavy atom. The first kappa shape index (κ1) is 19.6. The number of carbonyl (C=O) groups excluding carboxylic acids is 2. The molecule has 0 unspecified atom stereocenters. The highest BCUT2D eigenvalue weighted by atomic mass is 19.1. The summed E-state index contributed by atoms with van der Waals surface area (Å²) in [5.74, 6) is -2.15. The van der Waals surface area contributed by atoms with Crippen molar-refractivity contribution in [2.45, 2.75) is 19.9 Å². The van der Waals surface area contributed by atoms with Gasteiger partial charge in [0.05, 0.1) is 29.1 Å². The molecular formula is C22H18F2N4O2. The molecule has 0 fully saturated rings. The largest absolute Gasteiger partial charge is 0.352 e. The lowest BCUT2D eigenvalue weighted by atomic mass is 10.0. The summed E-state index contributed by atoms with van der Waals surface area (Å²) < 4.78 is 28.5. The van der Waals surface area contributed by atoms with Crippen LogP contribution in [0, 0.1) is 11.6 Å². The Morgan fingerprint density at radius 3 is 2.43 bits per heavy atom. The van der Waals surface area contributed by atoms with E-state index in [0.29, 0.717) is 29.1 Å². The quantitative estimate of drug-likeness (QED) is 0.680. The molecular weight excluding hydrogens is 390 g/mol. The van der Waals surface area contributed by atoms with E-state index in [-0.39, 0.29) is 36.2 Å². The van der Waals surface area contributed by atoms with Crippen LogP contribution < -0.4 is 10.6 Å². The van der Waals surface area contributed by atoms with Crippen LogP contribution in [-0.2, 0) is 13.0 Å². The summed E-state index contributed by atoms with van der Waals surface area (Å²) in [6.07, 6.45) is 0.247. The Morgan fingerprint density at radius 1 is 1.07 bits per heavy atom. The highest BCUT2D eigenvalue weighted by Gasteiger charge is 2.28. The smallest absolute Gasteiger partial charge is 0.255 e. The second kappa shape index (κ2) is 7.98. The summed E-state index contributed by atoms with van der Waals surface area (Å²) in [7, 11) is 0. The van der Waals surface area contributed by atoms with Gasteiger partial charge >= 0.3 is 0 Å². The predicted octanol–water partition coefficient (Wildman–Crippen LogP) is 3.01. The fourth-order valence-corrected chi connectivity index (χ4v) is 3.38. The van der Waals surface area contributed by atoms with Gasteiger partial charge in [-0.25, -0.2) is 18.7 Å². The third-order valence-electron chi connectivity index (χ3n) is 4.81. The van der Waals surface area contributed by atoms with Crippen molar-refractivity contribution in [3.05, 3.63) is 82.2 Å². The topological polar surface area (TPSA) is 84.0 Å². The van der Waals surface area contributed by atoms with Crippen molar-refractivity contribution in [1.82, 2.24) is 20.6 Å². The number of nitrogens with zero attached hydrogens (tertiary/aromatic N) is 2. The van der Waals surface area contributed by atoms with Crippen molar-refractivity contribution in [2.24, 2.45) is 0 Å². The van der Waals surface area contributed by atoms with Crippen LogP contribution in [0.5, 0.6) is 0 Å². The number of amides is 2. The van der Waals surface area contributed by atoms with E-state index in [1.165, 1.54) is 6.07 Å². The van der Waals surface area contributed by atoms with E-state index in [1.807, 2.05) is 6.92 Å². The first-order chi connectivity index (χ1) is 14.5. The minimum absolute atomic E-state index is 0.102. The molecule has 4 rings (SSSR count). The maximum absolute atomic E-state index is 14.3. The van der Waals surface area contributed by atoms with E-state index in [2.05, 4.69) is 20.6 Å². The van der Waals surface area contributed by atoms with E-state index < -0.39 is 11.6 Å². The van der Waals surface area contributed by atoms with Crippen molar-refractivity contribution in [3.63, 3.8) is 0 Å². The number of hydrogen-bond donors (Lipinski definition) is 2. The number of aromatic nitrogens is 2. The number of rotatable bonds is 5. The highest BCUT2D eigenvalue weighted by Crippen LogP contribution is 2.27. The lowest BCUT2D eigenvalue weighted by Crippen LogP contribution is -2.22. The van der Waals surface area contributed by atoms with Crippen LogP contribution in [0.4, 0.5) is 8.78 Å². The third kappa shape index (κ3) is 3.63. The molecule has 1 aromatic heterocycles. The first-order valence-corrected chi connectivity index (χ1v) is 9.47. The number of halogens is 2. The van der Waals surface area contributed by atoms with E-state index in [0.717, 1.165) is 17.7 Å². The van der Waals surface area contributed by atoms with E-state index in [1.54, 1.807) is 24.3 Å². The maximum Gasteiger partial charge on any atom is 0.255 e. The van der Waals surface area contributed by atoms with Gasteiger partial charge in [-0.1, -0.05) is 18.2 Å². The number of benzene rings is 2. The van der Waals surface area contributed by atoms with Crippen molar-refractivity contribution < 1.29 is 18.4 Å². The second-order valence-electron chi connectivity index (χ2n) is 6.83. The summed E-state index contributed by atoms with van der Waals surface area (Å²) in [5.41, 5.74) is 2.08. The lowest BCUT2D eigenvalue weighted by molar-refractivity contribution is 0.0951. The van der Waals surface area contributed by atoms with Crippen LogP contribution in [0.2, 0.25) is 0 Å². The monoisotopic (exact) mass is 408 g/mol. The van der Waals surface area contributed by atoms with Gasteiger partial charge in [-0.05, 0) is 36.8 Å². The van der Waals surface area contributed by atoms with E-state index in [4.69, 9.17) is 0 Å². The Hall–Kier alpha value is -3.68. The molecule has 6 nitrogen and oxygen atoms in total. The van der Waals surface area contributed by atoms with Gasteiger partial charge in [0.1, 0.15) is 11.6 Å². The molecule has 0 saturated carbocycles. The summed E-state index contributed by atoms with van der Waals surface area (Å²) >= 11 is 0. The Kier molecular flexibility index (Phi) is 5.22. The third-order valence-corrected chi connectivity index (χ3v) is 4.81. The van der Waals surface area contributed by atoms with Gasteiger partial charge < -0.3 is 10.6 Å². The van der Waals surface area contributed by atoms with Gasteiger partial charge in [0.2, 0.25) is 0 Å². The van der Waals surface area contributed by atoms with Crippen molar-refractivity contribution in [3.8, 4) is 11.4 Å². The summed E-state index contributed by atoms with van der Waals surface area (Å²) in [6.45, 7) is 2.53. The summed E-state index contributed by atoms with van der Waals surface area (Å²) in [6, 6.07) is 10.4. The SMILES string of the molecule is CCNC(=O)c1ccc(Cc2nc(-c3c(F)cccc3F)nc3c2C(=O)NC3)cc1. The second-order valence-corrected chi connectivity index (χ2v) is 6.83. The molecule has 1 aliphatic heterocycles. The first-order valence-electron chi connectivity index (χ1n) is 9.47. The minimum Gasteiger partial charge on any atom is -0.352 e. The maximum atomic E-state index is 14.3. The molecule has 30 heavy (non-hydrogen) atoms. The molecule has 0 radical (unpaired) electrons. The van der Waals surface area contributed by atoms with Crippen LogP contribution in [-0.4, -0.2) is 28.3 Å². The molecule has 0 aliphatic carbocycles. The summed E-state index contributed by atoms with van der Waals surface area (Å²) in [5, 5.41) is 5.40. The van der Waals surface area contributed by atoms with Gasteiger partial charge in [0.25, 0.3) is 11.8 Å². The van der Waals surface area contributed by atoms with Gasteiger partial charge in [0.15, 0.2) is 5.82 Å². The normalized spacial score (nSPS) is 12.4. The molecule has 3 aromatic rings. The average molecular weight is 408 g/mol. The van der Waals surface area contributed by atoms with Crippen LogP contribution in [0.3, 0.4) is 0 Å². The molecule has 152 valence electrons. The lowest BCUT2D eigenvalue weighted by Gasteiger charge is -2.11. The molecule has 0 atom stereocenters. The molecule has 8 heteroatoms. The molecule has 2 N–H and O–H groups in total. The van der Waals surface area contributed by atoms with Crippen LogP contribution in [0.15, 0.2) is 42.5 Å². The molecule has 0 bridgehead atoms.